The van der Waals surface area contributed by atoms with E-state index >= 15 is 0 Å². The molecule has 0 aliphatic heterocycles. The molecule has 10 heteroatoms. The van der Waals surface area contributed by atoms with Gasteiger partial charge in [-0.1, -0.05) is 74.3 Å². The second-order valence-corrected chi connectivity index (χ2v) is 15.1. The first-order valence-corrected chi connectivity index (χ1v) is 17.2. The lowest BCUT2D eigenvalue weighted by molar-refractivity contribution is -0.122. The number of hydrogen-bond donors (Lipinski definition) is 3. The molecule has 0 aromatic heterocycles. The molecule has 2 amide bonds. The predicted octanol–water partition coefficient (Wildman–Crippen LogP) is 7.93. The average molecular weight is 660 g/mol. The van der Waals surface area contributed by atoms with Crippen LogP contribution in [0, 0.1) is 23.2 Å². The highest BCUT2D eigenvalue weighted by Crippen LogP contribution is 2.43. The number of carbonyl (C=O) groups is 2. The summed E-state index contributed by atoms with van der Waals surface area (Å²) in [5.41, 5.74) is 4.02. The van der Waals surface area contributed by atoms with E-state index in [0.717, 1.165) is 42.4 Å². The fourth-order valence-electron chi connectivity index (χ4n) is 5.99. The maximum absolute atomic E-state index is 13.8. The predicted molar refractivity (Wildman–Crippen MR) is 178 cm³/mol. The Balaban J connectivity index is 1.47. The molecule has 3 N–H and O–H groups in total. The van der Waals surface area contributed by atoms with E-state index in [0.29, 0.717) is 33.6 Å². The summed E-state index contributed by atoms with van der Waals surface area (Å²) in [6.45, 7) is 6.66. The minimum Gasteiger partial charge on any atom is -0.351 e. The molecule has 0 spiro atoms. The molecule has 3 aromatic rings. The van der Waals surface area contributed by atoms with Gasteiger partial charge in [0.2, 0.25) is 5.91 Å². The second-order valence-electron chi connectivity index (χ2n) is 12.7. The molecule has 0 bridgehead atoms. The molecular weight excluding hydrogens is 619 g/mol. The van der Waals surface area contributed by atoms with Gasteiger partial charge in [0.15, 0.2) is 0 Å². The Morgan fingerprint density at radius 2 is 1.57 bits per heavy atom. The summed E-state index contributed by atoms with van der Waals surface area (Å²) in [5, 5.41) is 6.76. The van der Waals surface area contributed by atoms with Crippen LogP contribution in [-0.2, 0) is 21.3 Å². The molecule has 1 aliphatic carbocycles. The highest BCUT2D eigenvalue weighted by molar-refractivity contribution is 7.85. The van der Waals surface area contributed by atoms with Crippen LogP contribution in [0.3, 0.4) is 0 Å². The Morgan fingerprint density at radius 1 is 0.932 bits per heavy atom. The number of nitrogens with one attached hydrogen (secondary N) is 2. The van der Waals surface area contributed by atoms with Gasteiger partial charge in [-0.05, 0) is 96.9 Å². The summed E-state index contributed by atoms with van der Waals surface area (Å²) >= 11 is 12.4. The lowest BCUT2D eigenvalue weighted by Crippen LogP contribution is -2.35. The van der Waals surface area contributed by atoms with Gasteiger partial charge in [-0.15, -0.1) is 0 Å². The van der Waals surface area contributed by atoms with E-state index in [2.05, 4.69) is 31.4 Å². The Kier molecular flexibility index (Phi) is 11.2. The summed E-state index contributed by atoms with van der Waals surface area (Å²) in [6.07, 6.45) is 4.64. The SMILES string of the molecule is CC(C)(C)C1CCC([C@H](Cc2ccc(C(=O)NCCS(=O)(=O)O)cc2)C(=O)Nc2ccc(-c3ccc(Cl)cc3Cl)cc2)CC1. The molecule has 0 heterocycles. The molecule has 7 nitrogen and oxygen atoms in total. The van der Waals surface area contributed by atoms with Crippen LogP contribution >= 0.6 is 23.2 Å². The normalized spacial score (nSPS) is 18.0. The van der Waals surface area contributed by atoms with Crippen molar-refractivity contribution >= 4 is 50.8 Å². The molecule has 0 saturated heterocycles. The zero-order valence-corrected chi connectivity index (χ0v) is 27.6. The number of carbonyl (C=O) groups excluding carboxylic acids is 2. The maximum atomic E-state index is 13.8. The topological polar surface area (TPSA) is 113 Å². The minimum absolute atomic E-state index is 0.0338. The smallest absolute Gasteiger partial charge is 0.266 e. The lowest BCUT2D eigenvalue weighted by atomic mass is 9.66. The first-order valence-electron chi connectivity index (χ1n) is 14.9. The van der Waals surface area contributed by atoms with Crippen molar-refractivity contribution in [2.24, 2.45) is 23.2 Å². The van der Waals surface area contributed by atoms with Crippen LogP contribution in [0.25, 0.3) is 11.1 Å². The second kappa shape index (κ2) is 14.5. The van der Waals surface area contributed by atoms with Gasteiger partial charge in [-0.3, -0.25) is 14.1 Å². The molecule has 1 fully saturated rings. The van der Waals surface area contributed by atoms with Crippen LogP contribution in [0.2, 0.25) is 10.0 Å². The molecule has 0 unspecified atom stereocenters. The Labute approximate surface area is 270 Å². The highest BCUT2D eigenvalue weighted by atomic mass is 35.5. The van der Waals surface area contributed by atoms with Crippen LogP contribution in [0.1, 0.15) is 62.4 Å². The van der Waals surface area contributed by atoms with Gasteiger partial charge in [-0.2, -0.15) is 8.42 Å². The fraction of sp³-hybridized carbons (Fsp3) is 0.412. The first kappa shape index (κ1) is 34.0. The number of amides is 2. The standard InChI is InChI=1S/C34H40Cl2N2O5S/c1-34(2,3)26-12-8-24(9-13-26)30(20-22-4-6-25(7-5-22)32(39)37-18-19-44(41,42)43)33(40)38-28-15-10-23(11-16-28)29-17-14-27(35)21-31(29)36/h4-7,10-11,14-17,21,24,26,30H,8-9,12-13,18-20H2,1-3H3,(H,37,39)(H,38,40)(H,41,42,43)/t24?,26?,30-/m0/s1. The van der Waals surface area contributed by atoms with Crippen LogP contribution in [0.15, 0.2) is 66.7 Å². The third kappa shape index (κ3) is 9.54. The van der Waals surface area contributed by atoms with Crippen molar-refractivity contribution in [1.29, 1.82) is 0 Å². The highest BCUT2D eigenvalue weighted by Gasteiger charge is 2.35. The van der Waals surface area contributed by atoms with Crippen LogP contribution in [0.4, 0.5) is 5.69 Å². The third-order valence-electron chi connectivity index (χ3n) is 8.61. The Hall–Kier alpha value is -2.91. The molecule has 4 rings (SSSR count). The van der Waals surface area contributed by atoms with E-state index < -0.39 is 21.8 Å². The van der Waals surface area contributed by atoms with E-state index in [4.69, 9.17) is 27.8 Å². The number of halogens is 2. The van der Waals surface area contributed by atoms with Gasteiger partial charge >= 0.3 is 0 Å². The molecule has 1 saturated carbocycles. The molecule has 0 radical (unpaired) electrons. The van der Waals surface area contributed by atoms with Gasteiger partial charge in [0.1, 0.15) is 0 Å². The van der Waals surface area contributed by atoms with Crippen LogP contribution in [0.5, 0.6) is 0 Å². The van der Waals surface area contributed by atoms with Gasteiger partial charge in [0.25, 0.3) is 16.0 Å². The summed E-state index contributed by atoms with van der Waals surface area (Å²) in [7, 11) is -4.16. The van der Waals surface area contributed by atoms with E-state index in [9.17, 15) is 18.0 Å². The van der Waals surface area contributed by atoms with E-state index in [1.54, 1.807) is 24.3 Å². The lowest BCUT2D eigenvalue weighted by Gasteiger charge is -2.39. The molecule has 1 aliphatic rings. The fourth-order valence-corrected chi connectivity index (χ4v) is 6.87. The number of anilines is 1. The summed E-state index contributed by atoms with van der Waals surface area (Å²) in [6, 6.07) is 20.0. The Morgan fingerprint density at radius 3 is 2.14 bits per heavy atom. The first-order chi connectivity index (χ1) is 20.7. The zero-order valence-electron chi connectivity index (χ0n) is 25.3. The summed E-state index contributed by atoms with van der Waals surface area (Å²) in [4.78, 5) is 26.3. The van der Waals surface area contributed by atoms with E-state index in [-0.39, 0.29) is 29.7 Å². The molecule has 236 valence electrons. The van der Waals surface area contributed by atoms with E-state index in [1.807, 2.05) is 42.5 Å². The van der Waals surface area contributed by atoms with E-state index in [1.165, 1.54) is 0 Å². The van der Waals surface area contributed by atoms with Crippen molar-refractivity contribution in [2.45, 2.75) is 52.9 Å². The monoisotopic (exact) mass is 658 g/mol. The van der Waals surface area contributed by atoms with Crippen molar-refractivity contribution in [1.82, 2.24) is 5.32 Å². The Bertz CT molecular complexity index is 1560. The van der Waals surface area contributed by atoms with Gasteiger partial charge in [0, 0.05) is 39.3 Å². The van der Waals surface area contributed by atoms with Crippen LogP contribution in [-0.4, -0.2) is 37.1 Å². The minimum atomic E-state index is -4.16. The molecular formula is C34H40Cl2N2O5S. The molecule has 44 heavy (non-hydrogen) atoms. The van der Waals surface area contributed by atoms with Crippen molar-refractivity contribution < 1.29 is 22.6 Å². The molecule has 3 aromatic carbocycles. The third-order valence-corrected chi connectivity index (χ3v) is 9.88. The molecule has 1 atom stereocenters. The average Bonchev–Trinajstić information content (AvgIpc) is 2.95. The van der Waals surface area contributed by atoms with Crippen molar-refractivity contribution in [3.05, 3.63) is 87.9 Å². The summed E-state index contributed by atoms with van der Waals surface area (Å²) in [5.74, 6) is -0.428. The van der Waals surface area contributed by atoms with Gasteiger partial charge in [0.05, 0.1) is 5.75 Å². The van der Waals surface area contributed by atoms with Crippen molar-refractivity contribution in [3.63, 3.8) is 0 Å². The zero-order chi connectivity index (χ0) is 32.1. The largest absolute Gasteiger partial charge is 0.351 e. The summed E-state index contributed by atoms with van der Waals surface area (Å²) < 4.78 is 30.7. The van der Waals surface area contributed by atoms with Gasteiger partial charge < -0.3 is 10.6 Å². The maximum Gasteiger partial charge on any atom is 0.266 e. The number of hydrogen-bond acceptors (Lipinski definition) is 4. The van der Waals surface area contributed by atoms with Crippen molar-refractivity contribution in [2.75, 3.05) is 17.6 Å². The van der Waals surface area contributed by atoms with Crippen LogP contribution < -0.4 is 10.6 Å². The van der Waals surface area contributed by atoms with Crippen molar-refractivity contribution in [3.8, 4) is 11.1 Å². The number of rotatable bonds is 10. The number of benzene rings is 3. The van der Waals surface area contributed by atoms with Gasteiger partial charge in [-0.25, -0.2) is 0 Å². The quantitative estimate of drug-likeness (QED) is 0.192.